The summed E-state index contributed by atoms with van der Waals surface area (Å²) >= 11 is 0. The lowest BCUT2D eigenvalue weighted by molar-refractivity contribution is 0.00578. The van der Waals surface area contributed by atoms with Crippen LogP contribution in [0.4, 0.5) is 0 Å². The minimum atomic E-state index is -0.624. The molecule has 1 aromatic heterocycles. The molecule has 18 heavy (non-hydrogen) atoms. The molecule has 1 aliphatic rings. The van der Waals surface area contributed by atoms with Gasteiger partial charge in [0.15, 0.2) is 0 Å². The van der Waals surface area contributed by atoms with Crippen molar-refractivity contribution in [3.8, 4) is 0 Å². The number of imidazole rings is 1. The number of H-pyrrole nitrogens is 1. The second kappa shape index (κ2) is 4.37. The largest absolute Gasteiger partial charge is 0.513 e. The van der Waals surface area contributed by atoms with Gasteiger partial charge in [-0.05, 0) is 39.8 Å². The number of aromatic amines is 1. The Hall–Kier alpha value is -1.40. The highest BCUT2D eigenvalue weighted by Crippen LogP contribution is 2.36. The number of rotatable bonds is 3. The maximum Gasteiger partial charge on any atom is 0.513 e. The minimum Gasteiger partial charge on any atom is -0.398 e. The standard InChI is InChI=1S/C12H18BN3O2/c1-11(2)12(3,4)18-13(17-11)9(14)5-6-10-15-7-8-16-10/h5-8,14H,1-4H3,(H,15,16)/b6-5-,14-9?. The van der Waals surface area contributed by atoms with Gasteiger partial charge in [0.2, 0.25) is 0 Å². The van der Waals surface area contributed by atoms with Crippen molar-refractivity contribution in [2.75, 3.05) is 0 Å². The topological polar surface area (TPSA) is 71.0 Å². The van der Waals surface area contributed by atoms with Crippen LogP contribution in [-0.4, -0.2) is 33.9 Å². The summed E-state index contributed by atoms with van der Waals surface area (Å²) in [5, 5.41) is 7.96. The fraction of sp³-hybridized carbons (Fsp3) is 0.500. The fourth-order valence-electron chi connectivity index (χ4n) is 1.59. The Kier molecular flexibility index (Phi) is 3.17. The van der Waals surface area contributed by atoms with Crippen molar-refractivity contribution in [2.24, 2.45) is 0 Å². The summed E-state index contributed by atoms with van der Waals surface area (Å²) in [5.41, 5.74) is -0.546. The second-order valence-electron chi connectivity index (χ2n) is 5.35. The number of hydrogen-bond donors (Lipinski definition) is 2. The number of allylic oxidation sites excluding steroid dienone is 1. The molecule has 0 atom stereocenters. The highest BCUT2D eigenvalue weighted by Gasteiger charge is 2.52. The molecule has 2 N–H and O–H groups in total. The van der Waals surface area contributed by atoms with E-state index in [-0.39, 0.29) is 5.61 Å². The Morgan fingerprint density at radius 2 is 1.94 bits per heavy atom. The average Bonchev–Trinajstić information content (AvgIpc) is 2.82. The van der Waals surface area contributed by atoms with Gasteiger partial charge in [0.05, 0.1) is 16.8 Å². The van der Waals surface area contributed by atoms with Gasteiger partial charge < -0.3 is 19.7 Å². The molecule has 0 aliphatic carbocycles. The Morgan fingerprint density at radius 1 is 1.33 bits per heavy atom. The van der Waals surface area contributed by atoms with E-state index in [1.54, 1.807) is 24.5 Å². The molecule has 1 fully saturated rings. The Balaban J connectivity index is 2.04. The van der Waals surface area contributed by atoms with Crippen molar-refractivity contribution in [2.45, 2.75) is 38.9 Å². The molecule has 0 radical (unpaired) electrons. The van der Waals surface area contributed by atoms with Crippen molar-refractivity contribution in [1.82, 2.24) is 9.97 Å². The van der Waals surface area contributed by atoms with E-state index < -0.39 is 18.3 Å². The molecule has 1 aromatic rings. The SMILES string of the molecule is CC1(C)OB(C(=N)/C=C\c2ncc[nH]2)OC1(C)C. The second-order valence-corrected chi connectivity index (χ2v) is 5.35. The summed E-state index contributed by atoms with van der Waals surface area (Å²) in [6.07, 6.45) is 6.77. The lowest BCUT2D eigenvalue weighted by atomic mass is 9.82. The van der Waals surface area contributed by atoms with Crippen LogP contribution in [0.25, 0.3) is 6.08 Å². The van der Waals surface area contributed by atoms with E-state index in [1.165, 1.54) is 0 Å². The summed E-state index contributed by atoms with van der Waals surface area (Å²) < 4.78 is 11.5. The molecule has 96 valence electrons. The van der Waals surface area contributed by atoms with E-state index >= 15 is 0 Å². The van der Waals surface area contributed by atoms with Gasteiger partial charge in [-0.15, -0.1) is 0 Å². The van der Waals surface area contributed by atoms with Crippen LogP contribution in [-0.2, 0) is 9.31 Å². The number of aromatic nitrogens is 2. The van der Waals surface area contributed by atoms with Crippen molar-refractivity contribution in [3.05, 3.63) is 24.3 Å². The minimum absolute atomic E-state index is 0.282. The van der Waals surface area contributed by atoms with Crippen LogP contribution >= 0.6 is 0 Å². The smallest absolute Gasteiger partial charge is 0.398 e. The fourth-order valence-corrected chi connectivity index (χ4v) is 1.59. The number of hydrogen-bond acceptors (Lipinski definition) is 4. The van der Waals surface area contributed by atoms with Crippen LogP contribution in [0, 0.1) is 5.41 Å². The monoisotopic (exact) mass is 247 g/mol. The zero-order valence-corrected chi connectivity index (χ0v) is 11.2. The molecular weight excluding hydrogens is 229 g/mol. The van der Waals surface area contributed by atoms with Crippen LogP contribution in [0.1, 0.15) is 33.5 Å². The third kappa shape index (κ3) is 2.39. The first-order valence-corrected chi connectivity index (χ1v) is 5.93. The maximum absolute atomic E-state index is 7.96. The summed E-state index contributed by atoms with van der Waals surface area (Å²) in [6, 6.07) is 0. The summed E-state index contributed by atoms with van der Waals surface area (Å²) in [6.45, 7) is 7.88. The predicted molar refractivity (Wildman–Crippen MR) is 71.4 cm³/mol. The van der Waals surface area contributed by atoms with E-state index in [2.05, 4.69) is 9.97 Å². The normalized spacial score (nSPS) is 21.7. The first-order chi connectivity index (χ1) is 8.32. The molecule has 5 nitrogen and oxygen atoms in total. The first kappa shape index (κ1) is 13.0. The molecule has 0 unspecified atom stereocenters. The molecule has 6 heteroatoms. The number of nitrogens with zero attached hydrogens (tertiary/aromatic N) is 1. The van der Waals surface area contributed by atoms with Crippen LogP contribution < -0.4 is 0 Å². The highest BCUT2D eigenvalue weighted by atomic mass is 16.7. The lowest BCUT2D eigenvalue weighted by Gasteiger charge is -2.32. The van der Waals surface area contributed by atoms with E-state index in [9.17, 15) is 0 Å². The van der Waals surface area contributed by atoms with Gasteiger partial charge in [-0.1, -0.05) is 0 Å². The molecule has 0 saturated carbocycles. The van der Waals surface area contributed by atoms with Gasteiger partial charge in [-0.2, -0.15) is 0 Å². The molecule has 1 aliphatic heterocycles. The summed E-state index contributed by atoms with van der Waals surface area (Å²) in [7, 11) is -0.624. The van der Waals surface area contributed by atoms with Crippen LogP contribution in [0.15, 0.2) is 18.5 Å². The summed E-state index contributed by atoms with van der Waals surface area (Å²) in [4.78, 5) is 6.99. The van der Waals surface area contributed by atoms with Crippen molar-refractivity contribution < 1.29 is 9.31 Å². The Bertz CT molecular complexity index is 450. The lowest BCUT2D eigenvalue weighted by Crippen LogP contribution is -2.41. The molecule has 2 heterocycles. The van der Waals surface area contributed by atoms with Crippen LogP contribution in [0.2, 0.25) is 0 Å². The van der Waals surface area contributed by atoms with Gasteiger partial charge in [-0.3, -0.25) is 0 Å². The maximum atomic E-state index is 7.96. The van der Waals surface area contributed by atoms with E-state index in [0.29, 0.717) is 5.82 Å². The van der Waals surface area contributed by atoms with Gasteiger partial charge in [-0.25, -0.2) is 4.98 Å². The molecule has 0 amide bonds. The molecular formula is C12H18BN3O2. The van der Waals surface area contributed by atoms with Gasteiger partial charge >= 0.3 is 7.12 Å². The molecule has 0 bridgehead atoms. The number of nitrogens with one attached hydrogen (secondary N) is 2. The molecule has 0 aromatic carbocycles. The van der Waals surface area contributed by atoms with E-state index in [4.69, 9.17) is 14.7 Å². The highest BCUT2D eigenvalue weighted by molar-refractivity contribution is 6.84. The summed E-state index contributed by atoms with van der Waals surface area (Å²) in [5.74, 6) is 0.705. The van der Waals surface area contributed by atoms with Gasteiger partial charge in [0, 0.05) is 12.4 Å². The van der Waals surface area contributed by atoms with Crippen molar-refractivity contribution in [3.63, 3.8) is 0 Å². The van der Waals surface area contributed by atoms with Crippen LogP contribution in [0.5, 0.6) is 0 Å². The van der Waals surface area contributed by atoms with Crippen molar-refractivity contribution >= 4 is 18.8 Å². The van der Waals surface area contributed by atoms with Gasteiger partial charge in [0.1, 0.15) is 5.82 Å². The van der Waals surface area contributed by atoms with Gasteiger partial charge in [0.25, 0.3) is 0 Å². The zero-order valence-electron chi connectivity index (χ0n) is 11.2. The van der Waals surface area contributed by atoms with E-state index in [1.807, 2.05) is 27.7 Å². The average molecular weight is 247 g/mol. The Labute approximate surface area is 107 Å². The Morgan fingerprint density at radius 3 is 2.44 bits per heavy atom. The quantitative estimate of drug-likeness (QED) is 0.634. The molecule has 2 rings (SSSR count). The van der Waals surface area contributed by atoms with Crippen molar-refractivity contribution in [1.29, 1.82) is 5.41 Å². The molecule has 0 spiro atoms. The van der Waals surface area contributed by atoms with E-state index in [0.717, 1.165) is 0 Å². The first-order valence-electron chi connectivity index (χ1n) is 5.93. The third-order valence-electron chi connectivity index (χ3n) is 3.45. The molecule has 1 saturated heterocycles. The zero-order chi connectivity index (χ0) is 13.4. The predicted octanol–water partition coefficient (Wildman–Crippen LogP) is 2.07. The van der Waals surface area contributed by atoms with Crippen LogP contribution in [0.3, 0.4) is 0 Å². The third-order valence-corrected chi connectivity index (χ3v) is 3.45.